The van der Waals surface area contributed by atoms with Crippen molar-refractivity contribution in [3.8, 4) is 0 Å². The van der Waals surface area contributed by atoms with E-state index in [1.807, 2.05) is 25.9 Å². The summed E-state index contributed by atoms with van der Waals surface area (Å²) in [5.41, 5.74) is 5.77. The van der Waals surface area contributed by atoms with Crippen LogP contribution in [-0.2, 0) is 4.79 Å². The Morgan fingerprint density at radius 2 is 1.87 bits per heavy atom. The van der Waals surface area contributed by atoms with Crippen molar-refractivity contribution in [2.75, 3.05) is 20.6 Å². The number of nitrogens with one attached hydrogen (secondary N) is 1. The highest BCUT2D eigenvalue weighted by molar-refractivity contribution is 5.81. The molecule has 90 valence electrons. The summed E-state index contributed by atoms with van der Waals surface area (Å²) in [6.07, 6.45) is 0.737. The fourth-order valence-electron chi connectivity index (χ4n) is 1.56. The maximum Gasteiger partial charge on any atom is 0.237 e. The normalized spacial score (nSPS) is 15.5. The van der Waals surface area contributed by atoms with Gasteiger partial charge in [0.05, 0.1) is 6.04 Å². The number of nitrogens with zero attached hydrogens (tertiary/aromatic N) is 1. The zero-order valence-electron chi connectivity index (χ0n) is 10.6. The lowest BCUT2D eigenvalue weighted by Gasteiger charge is -2.21. The average molecular weight is 215 g/mol. The second kappa shape index (κ2) is 6.80. The predicted molar refractivity (Wildman–Crippen MR) is 63.6 cm³/mol. The van der Waals surface area contributed by atoms with Gasteiger partial charge in [-0.2, -0.15) is 0 Å². The van der Waals surface area contributed by atoms with Gasteiger partial charge in [0, 0.05) is 12.6 Å². The summed E-state index contributed by atoms with van der Waals surface area (Å²) in [5, 5.41) is 2.91. The van der Waals surface area contributed by atoms with E-state index in [-0.39, 0.29) is 18.0 Å². The van der Waals surface area contributed by atoms with Gasteiger partial charge in [0.2, 0.25) is 5.91 Å². The van der Waals surface area contributed by atoms with Crippen LogP contribution >= 0.6 is 0 Å². The average Bonchev–Trinajstić information content (AvgIpc) is 2.00. The van der Waals surface area contributed by atoms with Gasteiger partial charge in [-0.15, -0.1) is 0 Å². The van der Waals surface area contributed by atoms with Gasteiger partial charge in [0.1, 0.15) is 0 Å². The molecule has 0 aliphatic rings. The summed E-state index contributed by atoms with van der Waals surface area (Å²) >= 11 is 0. The van der Waals surface area contributed by atoms with Gasteiger partial charge in [0.15, 0.2) is 0 Å². The molecule has 1 amide bonds. The third kappa shape index (κ3) is 7.33. The molecule has 4 heteroatoms. The van der Waals surface area contributed by atoms with E-state index in [4.69, 9.17) is 5.73 Å². The number of likely N-dealkylation sites (N-methyl/N-ethyl adjacent to an activating group) is 1. The first kappa shape index (κ1) is 14.4. The molecule has 0 fully saturated rings. The van der Waals surface area contributed by atoms with Crippen LogP contribution in [0.15, 0.2) is 0 Å². The molecule has 0 rings (SSSR count). The van der Waals surface area contributed by atoms with Crippen LogP contribution in [0.4, 0.5) is 0 Å². The van der Waals surface area contributed by atoms with Crippen molar-refractivity contribution in [1.82, 2.24) is 10.2 Å². The summed E-state index contributed by atoms with van der Waals surface area (Å²) < 4.78 is 0. The van der Waals surface area contributed by atoms with Crippen LogP contribution in [0.3, 0.4) is 0 Å². The summed E-state index contributed by atoms with van der Waals surface area (Å²) in [7, 11) is 3.97. The second-order valence-corrected chi connectivity index (χ2v) is 4.91. The molecule has 0 aromatic carbocycles. The Balaban J connectivity index is 3.90. The van der Waals surface area contributed by atoms with Crippen molar-refractivity contribution >= 4 is 5.91 Å². The second-order valence-electron chi connectivity index (χ2n) is 4.91. The molecule has 1 unspecified atom stereocenters. The number of hydrogen-bond donors (Lipinski definition) is 2. The Labute approximate surface area is 93.2 Å². The van der Waals surface area contributed by atoms with Gasteiger partial charge in [0.25, 0.3) is 0 Å². The van der Waals surface area contributed by atoms with E-state index in [1.165, 1.54) is 0 Å². The lowest BCUT2D eigenvalue weighted by atomic mass is 10.0. The first-order valence-corrected chi connectivity index (χ1v) is 5.53. The van der Waals surface area contributed by atoms with E-state index in [0.717, 1.165) is 13.0 Å². The Morgan fingerprint density at radius 1 is 1.33 bits per heavy atom. The van der Waals surface area contributed by atoms with Gasteiger partial charge in [-0.05, 0) is 33.4 Å². The smallest absolute Gasteiger partial charge is 0.237 e. The van der Waals surface area contributed by atoms with Crippen LogP contribution in [0.2, 0.25) is 0 Å². The van der Waals surface area contributed by atoms with Crippen LogP contribution in [0, 0.1) is 5.92 Å². The molecule has 0 bridgehead atoms. The fourth-order valence-corrected chi connectivity index (χ4v) is 1.56. The number of nitrogens with two attached hydrogens (primary N) is 1. The highest BCUT2D eigenvalue weighted by atomic mass is 16.2. The van der Waals surface area contributed by atoms with Gasteiger partial charge < -0.3 is 16.0 Å². The summed E-state index contributed by atoms with van der Waals surface area (Å²) in [4.78, 5) is 13.7. The monoisotopic (exact) mass is 215 g/mol. The number of rotatable bonds is 6. The third-order valence-electron chi connectivity index (χ3n) is 2.09. The highest BCUT2D eigenvalue weighted by Crippen LogP contribution is 2.02. The fraction of sp³-hybridized carbons (Fsp3) is 0.909. The SMILES string of the molecule is CC(C)C[C@@H](N)C(=O)NC(C)CN(C)C. The number of amides is 1. The van der Waals surface area contributed by atoms with Gasteiger partial charge >= 0.3 is 0 Å². The Hall–Kier alpha value is -0.610. The van der Waals surface area contributed by atoms with E-state index in [0.29, 0.717) is 5.92 Å². The Bertz CT molecular complexity index is 192. The molecule has 0 saturated carbocycles. The minimum absolute atomic E-state index is 0.0435. The van der Waals surface area contributed by atoms with Crippen molar-refractivity contribution in [3.63, 3.8) is 0 Å². The molecule has 3 N–H and O–H groups in total. The van der Waals surface area contributed by atoms with Crippen LogP contribution in [-0.4, -0.2) is 43.5 Å². The lowest BCUT2D eigenvalue weighted by molar-refractivity contribution is -0.123. The molecular formula is C11H25N3O. The molecular weight excluding hydrogens is 190 g/mol. The summed E-state index contributed by atoms with van der Waals surface area (Å²) in [6, 6.07) is -0.236. The zero-order chi connectivity index (χ0) is 12.0. The number of carbonyl (C=O) groups is 1. The molecule has 0 heterocycles. The Morgan fingerprint density at radius 3 is 2.27 bits per heavy atom. The zero-order valence-corrected chi connectivity index (χ0v) is 10.6. The predicted octanol–water partition coefficient (Wildman–Crippen LogP) is 0.426. The van der Waals surface area contributed by atoms with Crippen molar-refractivity contribution in [1.29, 1.82) is 0 Å². The largest absolute Gasteiger partial charge is 0.351 e. The highest BCUT2D eigenvalue weighted by Gasteiger charge is 2.16. The molecule has 15 heavy (non-hydrogen) atoms. The first-order chi connectivity index (χ1) is 6.82. The van der Waals surface area contributed by atoms with E-state index < -0.39 is 0 Å². The van der Waals surface area contributed by atoms with E-state index in [1.54, 1.807) is 0 Å². The van der Waals surface area contributed by atoms with Gasteiger partial charge in [-0.25, -0.2) is 0 Å². The van der Waals surface area contributed by atoms with Crippen molar-refractivity contribution in [3.05, 3.63) is 0 Å². The van der Waals surface area contributed by atoms with Crippen molar-refractivity contribution in [2.45, 2.75) is 39.3 Å². The summed E-state index contributed by atoms with van der Waals surface area (Å²) in [6.45, 7) is 6.95. The third-order valence-corrected chi connectivity index (χ3v) is 2.09. The number of hydrogen-bond acceptors (Lipinski definition) is 3. The van der Waals surface area contributed by atoms with Crippen LogP contribution in [0.25, 0.3) is 0 Å². The van der Waals surface area contributed by atoms with Crippen LogP contribution in [0.1, 0.15) is 27.2 Å². The number of carbonyl (C=O) groups excluding carboxylic acids is 1. The van der Waals surface area contributed by atoms with E-state index >= 15 is 0 Å². The standard InChI is InChI=1S/C11H25N3O/c1-8(2)6-10(12)11(15)13-9(3)7-14(4)5/h8-10H,6-7,12H2,1-5H3,(H,13,15)/t9?,10-/m1/s1. The van der Waals surface area contributed by atoms with Gasteiger partial charge in [-0.3, -0.25) is 4.79 Å². The molecule has 0 aromatic rings. The van der Waals surface area contributed by atoms with Crippen molar-refractivity contribution in [2.24, 2.45) is 11.7 Å². The van der Waals surface area contributed by atoms with Crippen LogP contribution < -0.4 is 11.1 Å². The molecule has 0 aromatic heterocycles. The van der Waals surface area contributed by atoms with Gasteiger partial charge in [-0.1, -0.05) is 13.8 Å². The molecule has 0 saturated heterocycles. The van der Waals surface area contributed by atoms with E-state index in [9.17, 15) is 4.79 Å². The van der Waals surface area contributed by atoms with Crippen molar-refractivity contribution < 1.29 is 4.79 Å². The van der Waals surface area contributed by atoms with Crippen LogP contribution in [0.5, 0.6) is 0 Å². The topological polar surface area (TPSA) is 58.4 Å². The summed E-state index contributed by atoms with van der Waals surface area (Å²) in [5.74, 6) is 0.410. The first-order valence-electron chi connectivity index (χ1n) is 5.53. The minimum atomic E-state index is -0.380. The van der Waals surface area contributed by atoms with E-state index in [2.05, 4.69) is 19.2 Å². The molecule has 2 atom stereocenters. The maximum absolute atomic E-state index is 11.6. The molecule has 0 aliphatic carbocycles. The lowest BCUT2D eigenvalue weighted by Crippen LogP contribution is -2.47. The maximum atomic E-state index is 11.6. The quantitative estimate of drug-likeness (QED) is 0.675. The minimum Gasteiger partial charge on any atom is -0.351 e. The molecule has 0 aliphatic heterocycles. The molecule has 4 nitrogen and oxygen atoms in total. The Kier molecular flexibility index (Phi) is 6.52. The molecule has 0 radical (unpaired) electrons. The molecule has 0 spiro atoms.